The topological polar surface area (TPSA) is 46.2 Å². The molecule has 1 aromatic carbocycles. The molecule has 0 spiro atoms. The summed E-state index contributed by atoms with van der Waals surface area (Å²) in [7, 11) is 0. The van der Waals surface area contributed by atoms with E-state index in [1.165, 1.54) is 0 Å². The van der Waals surface area contributed by atoms with Crippen molar-refractivity contribution in [2.75, 3.05) is 5.73 Å². The maximum absolute atomic E-state index is 9.18. The highest BCUT2D eigenvalue weighted by Gasteiger charge is 2.03. The lowest BCUT2D eigenvalue weighted by atomic mass is 10.2. The molecule has 0 amide bonds. The lowest BCUT2D eigenvalue weighted by Gasteiger charge is -2.02. The number of hydrogen-bond acceptors (Lipinski definition) is 2. The average molecular weight is 194 g/mol. The number of nitrogen functional groups attached to an aromatic ring is 1. The Kier molecular flexibility index (Phi) is 3.49. The van der Waals surface area contributed by atoms with Crippen molar-refractivity contribution >= 4 is 29.7 Å². The van der Waals surface area contributed by atoms with Crippen molar-refractivity contribution in [3.63, 3.8) is 0 Å². The maximum atomic E-state index is 9.18. The van der Waals surface area contributed by atoms with E-state index in [1.807, 2.05) is 0 Å². The number of phenolic OH excluding ortho intramolecular Hbond substituents is 1. The Labute approximate surface area is 76.4 Å². The van der Waals surface area contributed by atoms with Crippen molar-refractivity contribution in [1.29, 1.82) is 0 Å². The van der Waals surface area contributed by atoms with Crippen LogP contribution in [0.4, 0.5) is 5.69 Å². The van der Waals surface area contributed by atoms with Gasteiger partial charge in [0, 0.05) is 11.3 Å². The molecule has 0 bridgehead atoms. The van der Waals surface area contributed by atoms with Gasteiger partial charge in [-0.05, 0) is 19.1 Å². The van der Waals surface area contributed by atoms with Crippen LogP contribution in [-0.4, -0.2) is 5.11 Å². The summed E-state index contributed by atoms with van der Waals surface area (Å²) < 4.78 is 0. The summed E-state index contributed by atoms with van der Waals surface area (Å²) >= 11 is 5.58. The second-order valence-corrected chi connectivity index (χ2v) is 2.52. The number of anilines is 1. The van der Waals surface area contributed by atoms with E-state index in [-0.39, 0.29) is 18.2 Å². The molecule has 0 saturated carbocycles. The quantitative estimate of drug-likeness (QED) is 0.622. The molecule has 0 saturated heterocycles. The van der Waals surface area contributed by atoms with Crippen LogP contribution >= 0.6 is 24.0 Å². The van der Waals surface area contributed by atoms with E-state index in [0.717, 1.165) is 0 Å². The first-order valence-electron chi connectivity index (χ1n) is 2.86. The van der Waals surface area contributed by atoms with Gasteiger partial charge in [0.05, 0.1) is 5.02 Å². The smallest absolute Gasteiger partial charge is 0.139 e. The molecule has 3 N–H and O–H groups in total. The Morgan fingerprint density at radius 3 is 2.45 bits per heavy atom. The average Bonchev–Trinajstić information content (AvgIpc) is 1.93. The second kappa shape index (κ2) is 3.69. The third-order valence-electron chi connectivity index (χ3n) is 1.42. The zero-order chi connectivity index (χ0) is 7.72. The fraction of sp³-hybridized carbons (Fsp3) is 0.143. The van der Waals surface area contributed by atoms with Gasteiger partial charge in [-0.1, -0.05) is 11.6 Å². The van der Waals surface area contributed by atoms with Crippen LogP contribution in [0, 0.1) is 6.92 Å². The minimum Gasteiger partial charge on any atom is -0.506 e. The number of benzene rings is 1. The lowest BCUT2D eigenvalue weighted by molar-refractivity contribution is 0.472. The second-order valence-electron chi connectivity index (χ2n) is 2.11. The Morgan fingerprint density at radius 2 is 2.00 bits per heavy atom. The van der Waals surface area contributed by atoms with Crippen molar-refractivity contribution in [1.82, 2.24) is 0 Å². The molecule has 4 heteroatoms. The lowest BCUT2D eigenvalue weighted by Crippen LogP contribution is -1.88. The number of phenols is 1. The zero-order valence-corrected chi connectivity index (χ0v) is 7.54. The van der Waals surface area contributed by atoms with Crippen LogP contribution in [0.5, 0.6) is 5.75 Å². The molecule has 0 unspecified atom stereocenters. The largest absolute Gasteiger partial charge is 0.506 e. The van der Waals surface area contributed by atoms with Gasteiger partial charge in [0.2, 0.25) is 0 Å². The third-order valence-corrected chi connectivity index (χ3v) is 1.73. The molecule has 2 nitrogen and oxygen atoms in total. The highest BCUT2D eigenvalue weighted by molar-refractivity contribution is 6.32. The molecule has 0 fully saturated rings. The van der Waals surface area contributed by atoms with Crippen molar-refractivity contribution in [2.24, 2.45) is 0 Å². The minimum atomic E-state index is 0. The van der Waals surface area contributed by atoms with E-state index in [2.05, 4.69) is 0 Å². The normalized spacial score (nSPS) is 8.91. The van der Waals surface area contributed by atoms with Gasteiger partial charge < -0.3 is 10.8 Å². The molecular weight excluding hydrogens is 185 g/mol. The van der Waals surface area contributed by atoms with E-state index in [0.29, 0.717) is 16.3 Å². The molecule has 0 heterocycles. The molecule has 0 aliphatic carbocycles. The predicted octanol–water partition coefficient (Wildman–Crippen LogP) is 2.36. The van der Waals surface area contributed by atoms with Crippen LogP contribution in [0.15, 0.2) is 12.1 Å². The summed E-state index contributed by atoms with van der Waals surface area (Å²) in [5.41, 5.74) is 6.66. The number of rotatable bonds is 0. The van der Waals surface area contributed by atoms with Gasteiger partial charge in [-0.3, -0.25) is 0 Å². The summed E-state index contributed by atoms with van der Waals surface area (Å²) in [6, 6.07) is 3.23. The van der Waals surface area contributed by atoms with E-state index in [4.69, 9.17) is 17.3 Å². The number of hydrogen-bond donors (Lipinski definition) is 2. The predicted molar refractivity (Wildman–Crippen MR) is 49.5 cm³/mol. The van der Waals surface area contributed by atoms with Crippen LogP contribution in [-0.2, 0) is 0 Å². The fourth-order valence-corrected chi connectivity index (χ4v) is 0.887. The van der Waals surface area contributed by atoms with Crippen LogP contribution in [0.3, 0.4) is 0 Å². The Morgan fingerprint density at radius 1 is 1.45 bits per heavy atom. The van der Waals surface area contributed by atoms with Crippen LogP contribution in [0.25, 0.3) is 0 Å². The third kappa shape index (κ3) is 1.91. The molecule has 0 aliphatic rings. The molecule has 0 atom stereocenters. The highest BCUT2D eigenvalue weighted by atomic mass is 35.5. The first kappa shape index (κ1) is 10.4. The standard InChI is InChI=1S/C7H8ClNO.ClH/c1-4-6(9)3-2-5(8)7(4)10;/h2-3,10H,9H2,1H3;1H. The molecule has 0 aromatic heterocycles. The fourth-order valence-electron chi connectivity index (χ4n) is 0.683. The van der Waals surface area contributed by atoms with E-state index < -0.39 is 0 Å². The molecule has 62 valence electrons. The summed E-state index contributed by atoms with van der Waals surface area (Å²) in [5.74, 6) is 0.0710. The van der Waals surface area contributed by atoms with Gasteiger partial charge in [0.15, 0.2) is 0 Å². The minimum absolute atomic E-state index is 0. The summed E-state index contributed by atoms with van der Waals surface area (Å²) in [4.78, 5) is 0. The summed E-state index contributed by atoms with van der Waals surface area (Å²) in [6.45, 7) is 1.72. The van der Waals surface area contributed by atoms with Crippen molar-refractivity contribution < 1.29 is 5.11 Å². The van der Waals surface area contributed by atoms with Gasteiger partial charge >= 0.3 is 0 Å². The van der Waals surface area contributed by atoms with Gasteiger partial charge in [0.25, 0.3) is 0 Å². The molecule has 0 aliphatic heterocycles. The summed E-state index contributed by atoms with van der Waals surface area (Å²) in [6.07, 6.45) is 0. The zero-order valence-electron chi connectivity index (χ0n) is 5.97. The van der Waals surface area contributed by atoms with E-state index >= 15 is 0 Å². The number of nitrogens with two attached hydrogens (primary N) is 1. The Bertz CT molecular complexity index is 236. The van der Waals surface area contributed by atoms with Crippen molar-refractivity contribution in [3.05, 3.63) is 22.7 Å². The van der Waals surface area contributed by atoms with E-state index in [1.54, 1.807) is 19.1 Å². The van der Waals surface area contributed by atoms with Crippen LogP contribution in [0.1, 0.15) is 5.56 Å². The SMILES string of the molecule is Cc1c(N)ccc(Cl)c1O.Cl. The van der Waals surface area contributed by atoms with Gasteiger partial charge in [-0.2, -0.15) is 0 Å². The highest BCUT2D eigenvalue weighted by Crippen LogP contribution is 2.30. The Balaban J connectivity index is 0.000001000. The molecular formula is C7H9Cl2NO. The molecule has 0 radical (unpaired) electrons. The molecule has 1 aromatic rings. The van der Waals surface area contributed by atoms with Crippen molar-refractivity contribution in [2.45, 2.75) is 6.92 Å². The van der Waals surface area contributed by atoms with E-state index in [9.17, 15) is 5.11 Å². The number of halogens is 2. The van der Waals surface area contributed by atoms with Crippen LogP contribution in [0.2, 0.25) is 5.02 Å². The van der Waals surface area contributed by atoms with Gasteiger partial charge in [0.1, 0.15) is 5.75 Å². The first-order valence-corrected chi connectivity index (χ1v) is 3.24. The monoisotopic (exact) mass is 193 g/mol. The molecule has 1 rings (SSSR count). The first-order chi connectivity index (χ1) is 4.63. The molecule has 11 heavy (non-hydrogen) atoms. The summed E-state index contributed by atoms with van der Waals surface area (Å²) in [5, 5.41) is 9.51. The van der Waals surface area contributed by atoms with Crippen LogP contribution < -0.4 is 5.73 Å². The Hall–Kier alpha value is -0.600. The van der Waals surface area contributed by atoms with Crippen molar-refractivity contribution in [3.8, 4) is 5.75 Å². The van der Waals surface area contributed by atoms with Gasteiger partial charge in [-0.15, -0.1) is 12.4 Å². The maximum Gasteiger partial charge on any atom is 0.139 e. The van der Waals surface area contributed by atoms with Gasteiger partial charge in [-0.25, -0.2) is 0 Å². The number of aromatic hydroxyl groups is 1.